The number of furan rings is 1. The van der Waals surface area contributed by atoms with Gasteiger partial charge >= 0.3 is 0 Å². The maximum atomic E-state index is 6.43. The van der Waals surface area contributed by atoms with Crippen LogP contribution in [0.25, 0.3) is 88.3 Å². The molecule has 0 aliphatic rings. The summed E-state index contributed by atoms with van der Waals surface area (Å²) in [5, 5.41) is 4.66. The van der Waals surface area contributed by atoms with Gasteiger partial charge in [-0.25, -0.2) is 0 Å². The van der Waals surface area contributed by atoms with E-state index < -0.39 is 0 Å². The van der Waals surface area contributed by atoms with Crippen LogP contribution in [0.5, 0.6) is 0 Å². The first-order chi connectivity index (χ1) is 29.8. The third kappa shape index (κ3) is 6.23. The molecule has 0 aliphatic heterocycles. The molecule has 282 valence electrons. The Kier molecular flexibility index (Phi) is 8.87. The standard InChI is InChI=1S/C58H39NO/c1-2-16-40(17-3-1)46-20-6-8-23-50(46)52-25-10-11-26-53(52)51-24-9-7-21-47(51)42-32-36-44(37-33-42)59(56-30-14-19-41-18-4-5-22-48(41)56)45-38-34-43(35-39-45)49-28-15-29-55-54-27-12-13-31-57(54)60-58(49)55/h1-39H. The SMILES string of the molecule is c1ccc(-c2ccccc2-c2ccccc2-c2ccccc2-c2ccc(N(c3ccc(-c4cccc5c4oc4ccccc45)cc3)c3cccc4ccccc34)cc2)cc1. The van der Waals surface area contributed by atoms with Crippen molar-refractivity contribution < 1.29 is 4.42 Å². The zero-order valence-corrected chi connectivity index (χ0v) is 32.9. The lowest BCUT2D eigenvalue weighted by molar-refractivity contribution is 0.670. The number of nitrogens with zero attached hydrogens (tertiary/aromatic N) is 1. The Balaban J connectivity index is 0.999. The monoisotopic (exact) mass is 765 g/mol. The Morgan fingerprint density at radius 2 is 0.683 bits per heavy atom. The Morgan fingerprint density at radius 1 is 0.267 bits per heavy atom. The lowest BCUT2D eigenvalue weighted by Crippen LogP contribution is -2.10. The van der Waals surface area contributed by atoms with E-state index in [1.54, 1.807) is 0 Å². The van der Waals surface area contributed by atoms with Gasteiger partial charge in [-0.1, -0.05) is 200 Å². The zero-order chi connectivity index (χ0) is 39.8. The predicted molar refractivity (Wildman–Crippen MR) is 253 cm³/mol. The molecule has 60 heavy (non-hydrogen) atoms. The van der Waals surface area contributed by atoms with Gasteiger partial charge in [-0.2, -0.15) is 0 Å². The van der Waals surface area contributed by atoms with E-state index in [9.17, 15) is 0 Å². The second-order valence-electron chi connectivity index (χ2n) is 15.2. The quantitative estimate of drug-likeness (QED) is 0.153. The summed E-state index contributed by atoms with van der Waals surface area (Å²) in [7, 11) is 0. The van der Waals surface area contributed by atoms with Crippen LogP contribution in [-0.4, -0.2) is 0 Å². The highest BCUT2D eigenvalue weighted by Crippen LogP contribution is 2.44. The van der Waals surface area contributed by atoms with Gasteiger partial charge in [0.15, 0.2) is 0 Å². The van der Waals surface area contributed by atoms with Crippen molar-refractivity contribution in [1.29, 1.82) is 0 Å². The molecule has 11 rings (SSSR count). The first-order valence-corrected chi connectivity index (χ1v) is 20.5. The highest BCUT2D eigenvalue weighted by atomic mass is 16.3. The molecule has 2 heteroatoms. The molecule has 1 aromatic heterocycles. The number of rotatable bonds is 8. The normalized spacial score (nSPS) is 11.3. The second kappa shape index (κ2) is 15.1. The van der Waals surface area contributed by atoms with E-state index in [-0.39, 0.29) is 0 Å². The van der Waals surface area contributed by atoms with Crippen molar-refractivity contribution in [3.05, 3.63) is 237 Å². The summed E-state index contributed by atoms with van der Waals surface area (Å²) in [6.07, 6.45) is 0. The molecule has 0 fully saturated rings. The van der Waals surface area contributed by atoms with Gasteiger partial charge in [-0.3, -0.25) is 0 Å². The summed E-state index contributed by atoms with van der Waals surface area (Å²) < 4.78 is 6.43. The van der Waals surface area contributed by atoms with Crippen molar-refractivity contribution in [3.63, 3.8) is 0 Å². The molecule has 1 heterocycles. The maximum absolute atomic E-state index is 6.43. The minimum atomic E-state index is 0.905. The van der Waals surface area contributed by atoms with E-state index in [1.807, 2.05) is 12.1 Å². The maximum Gasteiger partial charge on any atom is 0.143 e. The highest BCUT2D eigenvalue weighted by molar-refractivity contribution is 6.09. The van der Waals surface area contributed by atoms with E-state index in [0.29, 0.717) is 0 Å². The molecule has 0 saturated carbocycles. The fraction of sp³-hybridized carbons (Fsp3) is 0. The molecule has 11 aromatic rings. The van der Waals surface area contributed by atoms with Gasteiger partial charge in [-0.05, 0) is 91.9 Å². The summed E-state index contributed by atoms with van der Waals surface area (Å²) in [4.78, 5) is 2.37. The molecule has 0 unspecified atom stereocenters. The number of anilines is 3. The van der Waals surface area contributed by atoms with Crippen LogP contribution >= 0.6 is 0 Å². The van der Waals surface area contributed by atoms with Crippen molar-refractivity contribution in [2.24, 2.45) is 0 Å². The highest BCUT2D eigenvalue weighted by Gasteiger charge is 2.19. The average molecular weight is 766 g/mol. The van der Waals surface area contributed by atoms with Crippen LogP contribution in [-0.2, 0) is 0 Å². The van der Waals surface area contributed by atoms with E-state index in [0.717, 1.165) is 55.7 Å². The molecule has 0 radical (unpaired) electrons. The van der Waals surface area contributed by atoms with Crippen molar-refractivity contribution >= 4 is 49.8 Å². The van der Waals surface area contributed by atoms with Crippen LogP contribution in [0.3, 0.4) is 0 Å². The Labute approximate surface area is 349 Å². The third-order valence-corrected chi connectivity index (χ3v) is 11.7. The lowest BCUT2D eigenvalue weighted by atomic mass is 9.87. The van der Waals surface area contributed by atoms with Crippen LogP contribution in [0.2, 0.25) is 0 Å². The summed E-state index contributed by atoms with van der Waals surface area (Å²) in [6.45, 7) is 0. The van der Waals surface area contributed by atoms with Gasteiger partial charge in [0.25, 0.3) is 0 Å². The van der Waals surface area contributed by atoms with E-state index >= 15 is 0 Å². The van der Waals surface area contributed by atoms with Gasteiger partial charge in [0.05, 0.1) is 5.69 Å². The minimum absolute atomic E-state index is 0.905. The molecule has 10 aromatic carbocycles. The number of fused-ring (bicyclic) bond motifs is 4. The molecule has 0 spiro atoms. The topological polar surface area (TPSA) is 16.4 Å². The smallest absolute Gasteiger partial charge is 0.143 e. The number of hydrogen-bond donors (Lipinski definition) is 0. The van der Waals surface area contributed by atoms with Gasteiger partial charge in [-0.15, -0.1) is 0 Å². The van der Waals surface area contributed by atoms with Gasteiger partial charge in [0, 0.05) is 33.1 Å². The van der Waals surface area contributed by atoms with Crippen LogP contribution < -0.4 is 4.90 Å². The summed E-state index contributed by atoms with van der Waals surface area (Å²) in [6, 6.07) is 84.8. The summed E-state index contributed by atoms with van der Waals surface area (Å²) >= 11 is 0. The van der Waals surface area contributed by atoms with E-state index in [1.165, 1.54) is 49.7 Å². The van der Waals surface area contributed by atoms with Crippen molar-refractivity contribution in [2.45, 2.75) is 0 Å². The lowest BCUT2D eigenvalue weighted by Gasteiger charge is -2.27. The van der Waals surface area contributed by atoms with E-state index in [2.05, 4.69) is 229 Å². The fourth-order valence-electron chi connectivity index (χ4n) is 8.90. The van der Waals surface area contributed by atoms with Gasteiger partial charge in [0.1, 0.15) is 11.2 Å². The van der Waals surface area contributed by atoms with Crippen LogP contribution in [0.4, 0.5) is 17.1 Å². The van der Waals surface area contributed by atoms with Crippen molar-refractivity contribution in [3.8, 4) is 55.6 Å². The van der Waals surface area contributed by atoms with Crippen molar-refractivity contribution in [1.82, 2.24) is 0 Å². The molecular formula is C58H39NO. The summed E-state index contributed by atoms with van der Waals surface area (Å²) in [5.74, 6) is 0. The molecule has 0 bridgehead atoms. The van der Waals surface area contributed by atoms with E-state index in [4.69, 9.17) is 4.42 Å². The van der Waals surface area contributed by atoms with Crippen LogP contribution in [0.1, 0.15) is 0 Å². The first-order valence-electron chi connectivity index (χ1n) is 20.5. The van der Waals surface area contributed by atoms with Gasteiger partial charge in [0.2, 0.25) is 0 Å². The fourth-order valence-corrected chi connectivity index (χ4v) is 8.90. The molecule has 2 nitrogen and oxygen atoms in total. The predicted octanol–water partition coefficient (Wildman–Crippen LogP) is 16.5. The van der Waals surface area contributed by atoms with Gasteiger partial charge < -0.3 is 9.32 Å². The molecule has 0 N–H and O–H groups in total. The molecular weight excluding hydrogens is 727 g/mol. The third-order valence-electron chi connectivity index (χ3n) is 11.7. The Bertz CT molecular complexity index is 3300. The average Bonchev–Trinajstić information content (AvgIpc) is 3.72. The number of para-hydroxylation sites is 2. The largest absolute Gasteiger partial charge is 0.455 e. The summed E-state index contributed by atoms with van der Waals surface area (Å²) in [5.41, 5.74) is 16.9. The molecule has 0 amide bonds. The van der Waals surface area contributed by atoms with Crippen LogP contribution in [0.15, 0.2) is 241 Å². The molecule has 0 atom stereocenters. The molecule has 0 aliphatic carbocycles. The van der Waals surface area contributed by atoms with Crippen molar-refractivity contribution in [2.75, 3.05) is 4.90 Å². The molecule has 0 saturated heterocycles. The number of hydrogen-bond acceptors (Lipinski definition) is 2. The van der Waals surface area contributed by atoms with Crippen LogP contribution in [0, 0.1) is 0 Å². The number of benzene rings is 10. The first kappa shape index (κ1) is 35.2. The Morgan fingerprint density at radius 3 is 1.32 bits per heavy atom. The zero-order valence-electron chi connectivity index (χ0n) is 32.9. The second-order valence-corrected chi connectivity index (χ2v) is 15.2. The minimum Gasteiger partial charge on any atom is -0.455 e. The Hall–Kier alpha value is -7.94.